The first kappa shape index (κ1) is 21.3. The number of nitrogens with one attached hydrogen (secondary N) is 2. The number of carbonyl (C=O) groups excluding carboxylic acids is 1. The number of hydrogen-bond acceptors (Lipinski definition) is 3. The fourth-order valence-corrected chi connectivity index (χ4v) is 3.32. The molecule has 162 valence electrons. The molecule has 0 radical (unpaired) electrons. The second-order valence-electron chi connectivity index (χ2n) is 7.47. The Hall–Kier alpha value is -3.90. The van der Waals surface area contributed by atoms with E-state index >= 15 is 0 Å². The molecule has 0 aliphatic rings. The minimum absolute atomic E-state index is 0.200. The summed E-state index contributed by atoms with van der Waals surface area (Å²) in [7, 11) is 0. The summed E-state index contributed by atoms with van der Waals surface area (Å²) in [5.41, 5.74) is 5.33. The van der Waals surface area contributed by atoms with Crippen LogP contribution in [0.3, 0.4) is 0 Å². The summed E-state index contributed by atoms with van der Waals surface area (Å²) >= 11 is 0. The Kier molecular flexibility index (Phi) is 7.29. The minimum Gasteiger partial charge on any atom is -0.372 e. The molecule has 6 heteroatoms. The third kappa shape index (κ3) is 6.30. The smallest absolute Gasteiger partial charge is 0.315 e. The van der Waals surface area contributed by atoms with Crippen LogP contribution >= 0.6 is 0 Å². The van der Waals surface area contributed by atoms with Crippen LogP contribution in [-0.2, 0) is 31.0 Å². The fourth-order valence-electron chi connectivity index (χ4n) is 3.32. The summed E-state index contributed by atoms with van der Waals surface area (Å²) in [5.74, 6) is 0. The van der Waals surface area contributed by atoms with Crippen molar-refractivity contribution in [3.63, 3.8) is 0 Å². The number of imidazole rings is 1. The third-order valence-electron chi connectivity index (χ3n) is 5.02. The zero-order chi connectivity index (χ0) is 22.0. The monoisotopic (exact) mass is 426 g/mol. The Morgan fingerprint density at radius 3 is 2.22 bits per heavy atom. The summed E-state index contributed by atoms with van der Waals surface area (Å²) < 4.78 is 7.74. The van der Waals surface area contributed by atoms with Crippen LogP contribution in [0.1, 0.15) is 22.3 Å². The van der Waals surface area contributed by atoms with E-state index in [2.05, 4.69) is 21.7 Å². The fraction of sp³-hybridized carbons (Fsp3) is 0.154. The Bertz CT molecular complexity index is 1110. The van der Waals surface area contributed by atoms with E-state index in [1.165, 1.54) is 0 Å². The molecule has 1 aromatic heterocycles. The number of benzene rings is 3. The Labute approximate surface area is 187 Å². The Morgan fingerprint density at radius 1 is 0.781 bits per heavy atom. The molecule has 2 amide bonds. The van der Waals surface area contributed by atoms with Crippen molar-refractivity contribution in [2.24, 2.45) is 0 Å². The van der Waals surface area contributed by atoms with Gasteiger partial charge in [0.1, 0.15) is 0 Å². The number of urea groups is 1. The molecule has 4 rings (SSSR count). The van der Waals surface area contributed by atoms with Gasteiger partial charge in [-0.1, -0.05) is 66.7 Å². The van der Waals surface area contributed by atoms with Crippen molar-refractivity contribution in [3.05, 3.63) is 120 Å². The summed E-state index contributed by atoms with van der Waals surface area (Å²) in [5, 5.41) is 5.81. The van der Waals surface area contributed by atoms with Gasteiger partial charge < -0.3 is 19.9 Å². The van der Waals surface area contributed by atoms with E-state index in [9.17, 15) is 4.79 Å². The molecule has 0 unspecified atom stereocenters. The number of aromatic nitrogens is 2. The van der Waals surface area contributed by atoms with Crippen molar-refractivity contribution in [2.45, 2.75) is 26.3 Å². The molecular formula is C26H26N4O2. The van der Waals surface area contributed by atoms with Crippen molar-refractivity contribution in [1.29, 1.82) is 0 Å². The summed E-state index contributed by atoms with van der Waals surface area (Å²) in [4.78, 5) is 16.2. The van der Waals surface area contributed by atoms with E-state index < -0.39 is 0 Å². The molecule has 0 atom stereocenters. The molecule has 6 nitrogen and oxygen atoms in total. The van der Waals surface area contributed by atoms with Crippen molar-refractivity contribution in [3.8, 4) is 5.69 Å². The topological polar surface area (TPSA) is 68.2 Å². The van der Waals surface area contributed by atoms with Crippen LogP contribution in [0.5, 0.6) is 0 Å². The van der Waals surface area contributed by atoms with Crippen molar-refractivity contribution < 1.29 is 9.53 Å². The average molecular weight is 427 g/mol. The van der Waals surface area contributed by atoms with Crippen molar-refractivity contribution in [2.75, 3.05) is 0 Å². The Morgan fingerprint density at radius 2 is 1.47 bits per heavy atom. The Balaban J connectivity index is 1.19. The van der Waals surface area contributed by atoms with Gasteiger partial charge in [-0.05, 0) is 34.4 Å². The molecular weight excluding hydrogens is 400 g/mol. The zero-order valence-corrected chi connectivity index (χ0v) is 17.8. The van der Waals surface area contributed by atoms with Gasteiger partial charge in [0, 0.05) is 31.2 Å². The van der Waals surface area contributed by atoms with Gasteiger partial charge in [-0.3, -0.25) is 0 Å². The van der Waals surface area contributed by atoms with Crippen molar-refractivity contribution in [1.82, 2.24) is 20.2 Å². The molecule has 0 spiro atoms. The number of hydrogen-bond donors (Lipinski definition) is 2. The minimum atomic E-state index is -0.200. The molecule has 0 aliphatic heterocycles. The van der Waals surface area contributed by atoms with E-state index in [0.29, 0.717) is 26.3 Å². The van der Waals surface area contributed by atoms with Crippen LogP contribution in [0.4, 0.5) is 4.79 Å². The van der Waals surface area contributed by atoms with E-state index in [4.69, 9.17) is 4.74 Å². The lowest BCUT2D eigenvalue weighted by molar-refractivity contribution is 0.107. The number of amides is 2. The van der Waals surface area contributed by atoms with Gasteiger partial charge in [-0.15, -0.1) is 0 Å². The quantitative estimate of drug-likeness (QED) is 0.411. The van der Waals surface area contributed by atoms with E-state index in [1.54, 1.807) is 12.5 Å². The maximum absolute atomic E-state index is 12.2. The highest BCUT2D eigenvalue weighted by Gasteiger charge is 2.03. The molecule has 3 aromatic carbocycles. The highest BCUT2D eigenvalue weighted by atomic mass is 16.5. The van der Waals surface area contributed by atoms with Crippen LogP contribution in [0.15, 0.2) is 97.6 Å². The standard InChI is InChI=1S/C26H26N4O2/c31-26(28-16-21-9-11-25(12-10-21)30-14-13-27-20-30)29-17-23-7-4-8-24(15-23)19-32-18-22-5-2-1-3-6-22/h1-15,20H,16-19H2,(H2,28,29,31). The molecule has 32 heavy (non-hydrogen) atoms. The largest absolute Gasteiger partial charge is 0.372 e. The summed E-state index contributed by atoms with van der Waals surface area (Å²) in [6.07, 6.45) is 5.39. The van der Waals surface area contributed by atoms with Gasteiger partial charge >= 0.3 is 6.03 Å². The van der Waals surface area contributed by atoms with Crippen LogP contribution in [0.25, 0.3) is 5.69 Å². The highest BCUT2D eigenvalue weighted by molar-refractivity contribution is 5.73. The lowest BCUT2D eigenvalue weighted by atomic mass is 10.1. The molecule has 0 aliphatic carbocycles. The SMILES string of the molecule is O=C(NCc1ccc(-n2ccnc2)cc1)NCc1cccc(COCc2ccccc2)c1. The van der Waals surface area contributed by atoms with Gasteiger partial charge in [0.05, 0.1) is 19.5 Å². The summed E-state index contributed by atoms with van der Waals surface area (Å²) in [6.45, 7) is 2.03. The van der Waals surface area contributed by atoms with Crippen LogP contribution in [0.2, 0.25) is 0 Å². The molecule has 0 fully saturated rings. The van der Waals surface area contributed by atoms with Crippen LogP contribution in [-0.4, -0.2) is 15.6 Å². The van der Waals surface area contributed by atoms with Gasteiger partial charge in [-0.2, -0.15) is 0 Å². The van der Waals surface area contributed by atoms with Gasteiger partial charge in [0.25, 0.3) is 0 Å². The molecule has 1 heterocycles. The third-order valence-corrected chi connectivity index (χ3v) is 5.02. The first-order valence-electron chi connectivity index (χ1n) is 10.5. The predicted octanol–water partition coefficient (Wildman–Crippen LogP) is 4.59. The molecule has 4 aromatic rings. The predicted molar refractivity (Wildman–Crippen MR) is 124 cm³/mol. The molecule has 0 saturated carbocycles. The van der Waals surface area contributed by atoms with E-state index in [1.807, 2.05) is 83.6 Å². The van der Waals surface area contributed by atoms with Gasteiger partial charge in [0.15, 0.2) is 0 Å². The molecule has 0 bridgehead atoms. The van der Waals surface area contributed by atoms with E-state index in [0.717, 1.165) is 27.9 Å². The maximum atomic E-state index is 12.2. The van der Waals surface area contributed by atoms with Gasteiger partial charge in [0.2, 0.25) is 0 Å². The van der Waals surface area contributed by atoms with Crippen molar-refractivity contribution >= 4 is 6.03 Å². The number of rotatable bonds is 9. The lowest BCUT2D eigenvalue weighted by Gasteiger charge is -2.10. The molecule has 0 saturated heterocycles. The maximum Gasteiger partial charge on any atom is 0.315 e. The molecule has 2 N–H and O–H groups in total. The number of nitrogens with zero attached hydrogens (tertiary/aromatic N) is 2. The normalized spacial score (nSPS) is 10.6. The summed E-state index contributed by atoms with van der Waals surface area (Å²) in [6, 6.07) is 26.0. The average Bonchev–Trinajstić information content (AvgIpc) is 3.38. The number of carbonyl (C=O) groups is 1. The zero-order valence-electron chi connectivity index (χ0n) is 17.8. The second-order valence-corrected chi connectivity index (χ2v) is 7.47. The van der Waals surface area contributed by atoms with E-state index in [-0.39, 0.29) is 6.03 Å². The lowest BCUT2D eigenvalue weighted by Crippen LogP contribution is -2.34. The first-order valence-corrected chi connectivity index (χ1v) is 10.5. The number of ether oxygens (including phenoxy) is 1. The first-order chi connectivity index (χ1) is 15.8. The second kappa shape index (κ2) is 10.9. The highest BCUT2D eigenvalue weighted by Crippen LogP contribution is 2.10. The van der Waals surface area contributed by atoms with Crippen LogP contribution < -0.4 is 10.6 Å². The van der Waals surface area contributed by atoms with Gasteiger partial charge in [-0.25, -0.2) is 9.78 Å². The van der Waals surface area contributed by atoms with Crippen LogP contribution in [0, 0.1) is 0 Å².